The summed E-state index contributed by atoms with van der Waals surface area (Å²) >= 11 is 0. The second-order valence-electron chi connectivity index (χ2n) is 10.5. The molecule has 0 radical (unpaired) electrons. The molecule has 1 saturated heterocycles. The van der Waals surface area contributed by atoms with Gasteiger partial charge in [-0.15, -0.1) is 0 Å². The van der Waals surface area contributed by atoms with Gasteiger partial charge in [-0.3, -0.25) is 15.1 Å². The predicted octanol–water partition coefficient (Wildman–Crippen LogP) is 3.68. The summed E-state index contributed by atoms with van der Waals surface area (Å²) < 4.78 is 22.1. The third kappa shape index (κ3) is 6.94. The van der Waals surface area contributed by atoms with Crippen molar-refractivity contribution in [3.63, 3.8) is 0 Å². The Balaban J connectivity index is 1.61. The Bertz CT molecular complexity index is 1250. The fourth-order valence-electron chi connectivity index (χ4n) is 5.60. The van der Waals surface area contributed by atoms with Gasteiger partial charge in [0.2, 0.25) is 6.29 Å². The number of amides is 2. The second-order valence-corrected chi connectivity index (χ2v) is 10.5. The largest absolute Gasteiger partial charge is 0.383 e. The minimum atomic E-state index is -0.679. The third-order valence-corrected chi connectivity index (χ3v) is 7.74. The molecule has 2 amide bonds. The monoisotopic (exact) mass is 567 g/mol. The lowest BCUT2D eigenvalue weighted by Gasteiger charge is -2.31. The fraction of sp³-hybridized carbons (Fsp3) is 0.586. The van der Waals surface area contributed by atoms with Gasteiger partial charge in [-0.05, 0) is 50.3 Å². The molecule has 2 aliphatic rings. The summed E-state index contributed by atoms with van der Waals surface area (Å²) in [6, 6.07) is 5.80. The molecule has 2 unspecified atom stereocenters. The molecule has 2 aromatic rings. The van der Waals surface area contributed by atoms with E-state index in [1.165, 1.54) is 6.20 Å². The van der Waals surface area contributed by atoms with E-state index in [-0.39, 0.29) is 24.2 Å². The Morgan fingerprint density at radius 1 is 1.22 bits per heavy atom. The number of likely N-dealkylation sites (tertiary alicyclic amines) is 1. The van der Waals surface area contributed by atoms with Crippen LogP contribution < -0.4 is 15.5 Å². The number of methoxy groups -OCH3 is 4. The SMILES string of the molecule is COC[C@@H](C)Nc1cc(NC(=O)N2CCCc3cc(CN4CCC(OC)C4C)c(C(OC)OC)nc32)ncc1C#N. The van der Waals surface area contributed by atoms with E-state index in [0.717, 1.165) is 36.9 Å². The van der Waals surface area contributed by atoms with E-state index in [2.05, 4.69) is 39.6 Å². The number of ether oxygens (including phenoxy) is 4. The van der Waals surface area contributed by atoms with Crippen molar-refractivity contribution in [1.29, 1.82) is 5.26 Å². The van der Waals surface area contributed by atoms with E-state index in [1.54, 1.807) is 39.4 Å². The first-order valence-electron chi connectivity index (χ1n) is 13.9. The van der Waals surface area contributed by atoms with Gasteiger partial charge in [-0.1, -0.05) is 0 Å². The van der Waals surface area contributed by atoms with Crippen molar-refractivity contribution in [2.75, 3.05) is 63.7 Å². The summed E-state index contributed by atoms with van der Waals surface area (Å²) in [5.74, 6) is 0.906. The van der Waals surface area contributed by atoms with Crippen LogP contribution in [0.5, 0.6) is 0 Å². The zero-order chi connectivity index (χ0) is 29.5. The number of hydrogen-bond donors (Lipinski definition) is 2. The number of urea groups is 1. The number of hydrogen-bond acceptors (Lipinski definition) is 10. The number of aromatic nitrogens is 2. The van der Waals surface area contributed by atoms with Crippen LogP contribution in [0.25, 0.3) is 0 Å². The quantitative estimate of drug-likeness (QED) is 0.387. The van der Waals surface area contributed by atoms with Gasteiger partial charge < -0.3 is 24.3 Å². The Morgan fingerprint density at radius 2 is 2.00 bits per heavy atom. The number of nitriles is 1. The van der Waals surface area contributed by atoms with Crippen molar-refractivity contribution >= 4 is 23.4 Å². The highest BCUT2D eigenvalue weighted by molar-refractivity contribution is 6.01. The summed E-state index contributed by atoms with van der Waals surface area (Å²) in [7, 11) is 6.54. The summed E-state index contributed by atoms with van der Waals surface area (Å²) in [4.78, 5) is 26.8. The minimum Gasteiger partial charge on any atom is -0.383 e. The van der Waals surface area contributed by atoms with Crippen LogP contribution in [0.1, 0.15) is 55.4 Å². The fourth-order valence-corrected chi connectivity index (χ4v) is 5.60. The average molecular weight is 568 g/mol. The number of nitrogens with one attached hydrogen (secondary N) is 2. The van der Waals surface area contributed by atoms with Gasteiger partial charge in [0.15, 0.2) is 0 Å². The van der Waals surface area contributed by atoms with Gasteiger partial charge in [0, 0.05) is 72.4 Å². The molecule has 3 atom stereocenters. The standard InChI is InChI=1S/C29H41N7O5/c1-18(17-38-3)32-23-13-25(31-15-22(23)14-30)33-29(37)36-10-7-8-20-12-21(16-35-11-9-24(39-4)19(35)2)26(34-27(20)36)28(40-5)41-6/h12-13,15,18-19,24,28H,7-11,16-17H2,1-6H3,(H2,31,32,33,37)/t18-,19?,24?/m1/s1. The van der Waals surface area contributed by atoms with Crippen LogP contribution >= 0.6 is 0 Å². The summed E-state index contributed by atoms with van der Waals surface area (Å²) in [6.07, 6.45) is 3.54. The Hall–Kier alpha value is -3.34. The molecule has 4 rings (SSSR count). The van der Waals surface area contributed by atoms with Crippen LogP contribution in [-0.2, 0) is 31.9 Å². The number of aryl methyl sites for hydroxylation is 1. The van der Waals surface area contributed by atoms with Crippen molar-refractivity contribution < 1.29 is 23.7 Å². The van der Waals surface area contributed by atoms with Gasteiger partial charge in [-0.2, -0.15) is 5.26 Å². The number of nitrogens with zero attached hydrogens (tertiary/aromatic N) is 5. The van der Waals surface area contributed by atoms with E-state index in [4.69, 9.17) is 23.9 Å². The molecule has 41 heavy (non-hydrogen) atoms. The topological polar surface area (TPSA) is 134 Å². The number of anilines is 3. The zero-order valence-corrected chi connectivity index (χ0v) is 24.8. The first-order chi connectivity index (χ1) is 19.8. The molecule has 0 bridgehead atoms. The van der Waals surface area contributed by atoms with Crippen molar-refractivity contribution in [1.82, 2.24) is 14.9 Å². The molecule has 2 aromatic heterocycles. The summed E-state index contributed by atoms with van der Waals surface area (Å²) in [5, 5.41) is 15.6. The molecule has 0 aromatic carbocycles. The molecule has 0 spiro atoms. The van der Waals surface area contributed by atoms with Crippen molar-refractivity contribution in [3.8, 4) is 6.07 Å². The van der Waals surface area contributed by atoms with Gasteiger partial charge in [0.1, 0.15) is 23.4 Å². The van der Waals surface area contributed by atoms with Crippen molar-refractivity contribution in [2.45, 2.75) is 64.1 Å². The van der Waals surface area contributed by atoms with E-state index >= 15 is 0 Å². The molecule has 12 heteroatoms. The molecular formula is C29H41N7O5. The van der Waals surface area contributed by atoms with Crippen LogP contribution in [-0.4, -0.2) is 87.2 Å². The average Bonchev–Trinajstić information content (AvgIpc) is 3.32. The maximum absolute atomic E-state index is 13.6. The number of carbonyl (C=O) groups is 1. The van der Waals surface area contributed by atoms with E-state index < -0.39 is 6.29 Å². The van der Waals surface area contributed by atoms with Gasteiger partial charge in [0.05, 0.1) is 24.0 Å². The van der Waals surface area contributed by atoms with E-state index in [9.17, 15) is 10.1 Å². The highest BCUT2D eigenvalue weighted by Gasteiger charge is 2.33. The number of pyridine rings is 2. The lowest BCUT2D eigenvalue weighted by Crippen LogP contribution is -2.40. The van der Waals surface area contributed by atoms with Gasteiger partial charge in [-0.25, -0.2) is 14.8 Å². The smallest absolute Gasteiger partial charge is 0.328 e. The molecule has 0 aliphatic carbocycles. The maximum Gasteiger partial charge on any atom is 0.328 e. The molecule has 0 saturated carbocycles. The van der Waals surface area contributed by atoms with Crippen molar-refractivity contribution in [3.05, 3.63) is 40.7 Å². The zero-order valence-electron chi connectivity index (χ0n) is 24.8. The van der Waals surface area contributed by atoms with E-state index in [1.807, 2.05) is 6.92 Å². The molecule has 1 fully saturated rings. The van der Waals surface area contributed by atoms with Crippen LogP contribution in [0, 0.1) is 11.3 Å². The normalized spacial score (nSPS) is 19.6. The van der Waals surface area contributed by atoms with E-state index in [0.29, 0.717) is 48.3 Å². The molecular weight excluding hydrogens is 526 g/mol. The first-order valence-corrected chi connectivity index (χ1v) is 13.9. The number of rotatable bonds is 11. The van der Waals surface area contributed by atoms with Crippen LogP contribution in [0.3, 0.4) is 0 Å². The third-order valence-electron chi connectivity index (χ3n) is 7.74. The Kier molecular flexibility index (Phi) is 10.5. The van der Waals surface area contributed by atoms with Crippen molar-refractivity contribution in [2.24, 2.45) is 0 Å². The predicted molar refractivity (Wildman–Crippen MR) is 155 cm³/mol. The summed E-state index contributed by atoms with van der Waals surface area (Å²) in [6.45, 7) is 6.69. The highest BCUT2D eigenvalue weighted by Crippen LogP contribution is 2.33. The lowest BCUT2D eigenvalue weighted by molar-refractivity contribution is -0.109. The van der Waals surface area contributed by atoms with Gasteiger partial charge in [0.25, 0.3) is 0 Å². The molecule has 2 aliphatic heterocycles. The number of carbonyl (C=O) groups excluding carboxylic acids is 1. The maximum atomic E-state index is 13.6. The summed E-state index contributed by atoms with van der Waals surface area (Å²) in [5.41, 5.74) is 3.60. The molecule has 12 nitrogen and oxygen atoms in total. The van der Waals surface area contributed by atoms with Crippen LogP contribution in [0.4, 0.5) is 22.1 Å². The first kappa shape index (κ1) is 30.6. The van der Waals surface area contributed by atoms with Crippen LogP contribution in [0.15, 0.2) is 18.3 Å². The van der Waals surface area contributed by atoms with Gasteiger partial charge >= 0.3 is 6.03 Å². The highest BCUT2D eigenvalue weighted by atomic mass is 16.7. The molecule has 4 heterocycles. The van der Waals surface area contributed by atoms with Crippen LogP contribution in [0.2, 0.25) is 0 Å². The number of fused-ring (bicyclic) bond motifs is 1. The Labute approximate surface area is 241 Å². The Morgan fingerprint density at radius 3 is 2.66 bits per heavy atom. The minimum absolute atomic E-state index is 0.0396. The molecule has 2 N–H and O–H groups in total. The second kappa shape index (κ2) is 14.0. The lowest BCUT2D eigenvalue weighted by atomic mass is 10.0. The molecule has 222 valence electrons.